The minimum absolute atomic E-state index is 0.305. The number of hydrogen-bond acceptors (Lipinski definition) is 3. The van der Waals surface area contributed by atoms with Crippen LogP contribution < -0.4 is 4.74 Å². The maximum Gasteiger partial charge on any atom is 0.127 e. The van der Waals surface area contributed by atoms with Crippen molar-refractivity contribution in [1.82, 2.24) is 9.55 Å². The maximum atomic E-state index is 8.67. The van der Waals surface area contributed by atoms with Crippen LogP contribution in [0, 0.1) is 11.3 Å². The molecule has 0 aliphatic heterocycles. The van der Waals surface area contributed by atoms with E-state index < -0.39 is 0 Å². The molecule has 0 saturated heterocycles. The summed E-state index contributed by atoms with van der Waals surface area (Å²) in [4.78, 5) is 4.13. The Morgan fingerprint density at radius 1 is 1.38 bits per heavy atom. The molecule has 4 nitrogen and oxygen atoms in total. The summed E-state index contributed by atoms with van der Waals surface area (Å²) in [6, 6.07) is 9.72. The fourth-order valence-corrected chi connectivity index (χ4v) is 1.51. The number of aromatic nitrogens is 2. The molecule has 0 unspecified atom stereocenters. The minimum atomic E-state index is 0.305. The zero-order chi connectivity index (χ0) is 11.4. The molecule has 1 aromatic heterocycles. The van der Waals surface area contributed by atoms with Gasteiger partial charge in [-0.3, -0.25) is 0 Å². The summed E-state index contributed by atoms with van der Waals surface area (Å²) >= 11 is 0. The highest BCUT2D eigenvalue weighted by Gasteiger charge is 2.04. The van der Waals surface area contributed by atoms with Crippen molar-refractivity contribution in [3.8, 4) is 17.5 Å². The Balaban J connectivity index is 2.35. The highest BCUT2D eigenvalue weighted by atomic mass is 16.5. The van der Waals surface area contributed by atoms with Crippen molar-refractivity contribution in [3.63, 3.8) is 0 Å². The van der Waals surface area contributed by atoms with E-state index in [1.165, 1.54) is 0 Å². The van der Waals surface area contributed by atoms with Crippen LogP contribution >= 0.6 is 0 Å². The second-order valence-electron chi connectivity index (χ2n) is 3.25. The molecule has 2 rings (SSSR count). The normalized spacial score (nSPS) is 9.75. The van der Waals surface area contributed by atoms with E-state index in [1.807, 2.05) is 35.0 Å². The number of nitrogens with zero attached hydrogens (tertiary/aromatic N) is 3. The third-order valence-electron chi connectivity index (χ3n) is 2.31. The first-order valence-corrected chi connectivity index (χ1v) is 4.89. The number of hydrogen-bond donors (Lipinski definition) is 0. The van der Waals surface area contributed by atoms with Crippen LogP contribution in [-0.2, 0) is 6.42 Å². The standard InChI is InChI=1S/C12H11N3O/c1-16-11-4-2-10(3-5-11)15-9-8-14-12(15)6-7-13/h2-5,8-9H,6H2,1H3. The van der Waals surface area contributed by atoms with Gasteiger partial charge in [0.1, 0.15) is 11.6 Å². The smallest absolute Gasteiger partial charge is 0.127 e. The molecule has 0 radical (unpaired) electrons. The zero-order valence-electron chi connectivity index (χ0n) is 8.92. The van der Waals surface area contributed by atoms with Gasteiger partial charge >= 0.3 is 0 Å². The molecule has 0 N–H and O–H groups in total. The summed E-state index contributed by atoms with van der Waals surface area (Å²) in [6.45, 7) is 0. The fraction of sp³-hybridized carbons (Fsp3) is 0.167. The molecule has 0 aliphatic carbocycles. The molecular weight excluding hydrogens is 202 g/mol. The second kappa shape index (κ2) is 4.49. The van der Waals surface area contributed by atoms with Crippen LogP contribution in [0.2, 0.25) is 0 Å². The molecule has 0 amide bonds. The van der Waals surface area contributed by atoms with Crippen LogP contribution in [0.1, 0.15) is 5.82 Å². The van der Waals surface area contributed by atoms with E-state index in [4.69, 9.17) is 10.00 Å². The van der Waals surface area contributed by atoms with Crippen LogP contribution in [0.3, 0.4) is 0 Å². The van der Waals surface area contributed by atoms with E-state index in [1.54, 1.807) is 13.3 Å². The number of imidazole rings is 1. The quantitative estimate of drug-likeness (QED) is 0.783. The van der Waals surface area contributed by atoms with Crippen molar-refractivity contribution in [2.75, 3.05) is 7.11 Å². The Hall–Kier alpha value is -2.28. The average molecular weight is 213 g/mol. The molecule has 0 bridgehead atoms. The Morgan fingerprint density at radius 2 is 2.12 bits per heavy atom. The van der Waals surface area contributed by atoms with Crippen molar-refractivity contribution < 1.29 is 4.74 Å². The lowest BCUT2D eigenvalue weighted by atomic mass is 10.3. The molecule has 1 aromatic carbocycles. The molecule has 0 fully saturated rings. The zero-order valence-corrected chi connectivity index (χ0v) is 8.92. The largest absolute Gasteiger partial charge is 0.497 e. The molecule has 0 aliphatic rings. The molecular formula is C12H11N3O. The van der Waals surface area contributed by atoms with Gasteiger partial charge in [-0.1, -0.05) is 0 Å². The molecule has 1 heterocycles. The SMILES string of the molecule is COc1ccc(-n2ccnc2CC#N)cc1. The van der Waals surface area contributed by atoms with Crippen LogP contribution in [-0.4, -0.2) is 16.7 Å². The van der Waals surface area contributed by atoms with Crippen LogP contribution in [0.5, 0.6) is 5.75 Å². The number of benzene rings is 1. The molecule has 2 aromatic rings. The van der Waals surface area contributed by atoms with E-state index in [9.17, 15) is 0 Å². The lowest BCUT2D eigenvalue weighted by Crippen LogP contribution is -1.99. The third-order valence-corrected chi connectivity index (χ3v) is 2.31. The van der Waals surface area contributed by atoms with Crippen molar-refractivity contribution in [2.24, 2.45) is 0 Å². The predicted octanol–water partition coefficient (Wildman–Crippen LogP) is 1.95. The summed E-state index contributed by atoms with van der Waals surface area (Å²) in [5.41, 5.74) is 0.976. The van der Waals surface area contributed by atoms with Gasteiger partial charge in [-0.25, -0.2) is 4.98 Å². The van der Waals surface area contributed by atoms with Gasteiger partial charge in [0.2, 0.25) is 0 Å². The third kappa shape index (κ3) is 1.89. The van der Waals surface area contributed by atoms with Crippen LogP contribution in [0.25, 0.3) is 5.69 Å². The van der Waals surface area contributed by atoms with Gasteiger partial charge in [-0.05, 0) is 24.3 Å². The van der Waals surface area contributed by atoms with Gasteiger partial charge in [-0.2, -0.15) is 5.26 Å². The van der Waals surface area contributed by atoms with Gasteiger partial charge < -0.3 is 9.30 Å². The highest BCUT2D eigenvalue weighted by molar-refractivity contribution is 5.38. The maximum absolute atomic E-state index is 8.67. The Labute approximate surface area is 93.7 Å². The molecule has 0 atom stereocenters. The molecule has 80 valence electrons. The average Bonchev–Trinajstić information content (AvgIpc) is 2.78. The van der Waals surface area contributed by atoms with Gasteiger partial charge in [0.05, 0.1) is 19.6 Å². The first kappa shape index (κ1) is 10.2. The van der Waals surface area contributed by atoms with E-state index in [0.29, 0.717) is 6.42 Å². The molecule has 16 heavy (non-hydrogen) atoms. The molecule has 4 heteroatoms. The van der Waals surface area contributed by atoms with Gasteiger partial charge in [0, 0.05) is 18.1 Å². The number of methoxy groups -OCH3 is 1. The highest BCUT2D eigenvalue weighted by Crippen LogP contribution is 2.16. The van der Waals surface area contributed by atoms with Crippen molar-refractivity contribution in [3.05, 3.63) is 42.5 Å². The number of ether oxygens (including phenoxy) is 1. The van der Waals surface area contributed by atoms with Gasteiger partial charge in [0.15, 0.2) is 0 Å². The molecule has 0 saturated carbocycles. The first-order chi connectivity index (χ1) is 7.85. The van der Waals surface area contributed by atoms with Gasteiger partial charge in [-0.15, -0.1) is 0 Å². The Kier molecular flexibility index (Phi) is 2.88. The Morgan fingerprint density at radius 3 is 2.75 bits per heavy atom. The Bertz CT molecular complexity index is 508. The lowest BCUT2D eigenvalue weighted by Gasteiger charge is -2.06. The fourth-order valence-electron chi connectivity index (χ4n) is 1.51. The summed E-state index contributed by atoms with van der Waals surface area (Å²) in [5, 5.41) is 8.67. The van der Waals surface area contributed by atoms with E-state index in [2.05, 4.69) is 11.1 Å². The second-order valence-corrected chi connectivity index (χ2v) is 3.25. The van der Waals surface area contributed by atoms with E-state index in [0.717, 1.165) is 17.3 Å². The number of rotatable bonds is 3. The first-order valence-electron chi connectivity index (χ1n) is 4.89. The van der Waals surface area contributed by atoms with Crippen LogP contribution in [0.15, 0.2) is 36.7 Å². The van der Waals surface area contributed by atoms with Crippen molar-refractivity contribution in [1.29, 1.82) is 5.26 Å². The van der Waals surface area contributed by atoms with E-state index in [-0.39, 0.29) is 0 Å². The lowest BCUT2D eigenvalue weighted by molar-refractivity contribution is 0.414. The van der Waals surface area contributed by atoms with Crippen molar-refractivity contribution in [2.45, 2.75) is 6.42 Å². The monoisotopic (exact) mass is 213 g/mol. The summed E-state index contributed by atoms with van der Waals surface area (Å²) in [5.74, 6) is 1.55. The predicted molar refractivity (Wildman–Crippen MR) is 59.4 cm³/mol. The van der Waals surface area contributed by atoms with Crippen molar-refractivity contribution >= 4 is 0 Å². The molecule has 0 spiro atoms. The van der Waals surface area contributed by atoms with Gasteiger partial charge in [0.25, 0.3) is 0 Å². The van der Waals surface area contributed by atoms with Crippen LogP contribution in [0.4, 0.5) is 0 Å². The minimum Gasteiger partial charge on any atom is -0.497 e. The topological polar surface area (TPSA) is 50.8 Å². The summed E-state index contributed by atoms with van der Waals surface area (Å²) < 4.78 is 6.98. The van der Waals surface area contributed by atoms with E-state index >= 15 is 0 Å². The number of nitriles is 1. The summed E-state index contributed by atoms with van der Waals surface area (Å²) in [7, 11) is 1.63. The summed E-state index contributed by atoms with van der Waals surface area (Å²) in [6.07, 6.45) is 3.84.